The van der Waals surface area contributed by atoms with Crippen molar-refractivity contribution in [3.8, 4) is 0 Å². The van der Waals surface area contributed by atoms with Gasteiger partial charge >= 0.3 is 0 Å². The number of ketones is 1. The number of nitrogens with zero attached hydrogens (tertiary/aromatic N) is 1. The average Bonchev–Trinajstić information content (AvgIpc) is 2.03. The van der Waals surface area contributed by atoms with Crippen LogP contribution in [0.2, 0.25) is 0 Å². The number of hydrogen-bond acceptors (Lipinski definition) is 3. The summed E-state index contributed by atoms with van der Waals surface area (Å²) in [5.74, 6) is 0.931. The highest BCUT2D eigenvalue weighted by Crippen LogP contribution is 2.18. The van der Waals surface area contributed by atoms with Crippen LogP contribution in [0.3, 0.4) is 0 Å². The first-order valence-corrected chi connectivity index (χ1v) is 5.53. The molecule has 0 bridgehead atoms. The van der Waals surface area contributed by atoms with E-state index in [4.69, 9.17) is 0 Å². The molecule has 3 nitrogen and oxygen atoms in total. The summed E-state index contributed by atoms with van der Waals surface area (Å²) >= 11 is 1.88. The van der Waals surface area contributed by atoms with E-state index >= 15 is 0 Å². The number of carbonyl (C=O) groups is 2. The summed E-state index contributed by atoms with van der Waals surface area (Å²) in [6.07, 6.45) is 0.0669. The summed E-state index contributed by atoms with van der Waals surface area (Å²) in [5.41, 5.74) is 0. The smallest absolute Gasteiger partial charge is 0.230 e. The summed E-state index contributed by atoms with van der Waals surface area (Å²) in [7, 11) is 0. The molecule has 0 aliphatic carbocycles. The standard InChI is InChI=1S/C9H15NO2S/c1-7(11)5-9(12)10-3-4-13-8(2)6-10/h8H,3-6H2,1-2H3. The molecule has 13 heavy (non-hydrogen) atoms. The molecule has 0 spiro atoms. The Bertz CT molecular complexity index is 218. The number of hydrogen-bond donors (Lipinski definition) is 0. The lowest BCUT2D eigenvalue weighted by atomic mass is 10.2. The Morgan fingerprint density at radius 1 is 1.54 bits per heavy atom. The lowest BCUT2D eigenvalue weighted by Crippen LogP contribution is -2.41. The highest BCUT2D eigenvalue weighted by molar-refractivity contribution is 7.99. The summed E-state index contributed by atoms with van der Waals surface area (Å²) in [5, 5.41) is 0.504. The molecule has 0 aromatic heterocycles. The van der Waals surface area contributed by atoms with Crippen molar-refractivity contribution in [3.63, 3.8) is 0 Å². The van der Waals surface area contributed by atoms with E-state index in [0.29, 0.717) is 5.25 Å². The maximum absolute atomic E-state index is 11.4. The van der Waals surface area contributed by atoms with Gasteiger partial charge in [-0.1, -0.05) is 6.92 Å². The first kappa shape index (κ1) is 10.6. The van der Waals surface area contributed by atoms with Gasteiger partial charge < -0.3 is 4.90 Å². The van der Waals surface area contributed by atoms with E-state index in [-0.39, 0.29) is 18.1 Å². The third-order valence-corrected chi connectivity index (χ3v) is 3.13. The van der Waals surface area contributed by atoms with Crippen molar-refractivity contribution in [2.24, 2.45) is 0 Å². The normalized spacial score (nSPS) is 22.9. The average molecular weight is 201 g/mol. The van der Waals surface area contributed by atoms with Crippen molar-refractivity contribution >= 4 is 23.5 Å². The molecule has 0 aromatic rings. The Kier molecular flexibility index (Phi) is 3.78. The van der Waals surface area contributed by atoms with Crippen molar-refractivity contribution in [1.82, 2.24) is 4.90 Å². The van der Waals surface area contributed by atoms with Gasteiger partial charge in [-0.05, 0) is 6.92 Å². The van der Waals surface area contributed by atoms with Crippen LogP contribution in [0.25, 0.3) is 0 Å². The molecule has 74 valence electrons. The van der Waals surface area contributed by atoms with Crippen LogP contribution in [-0.4, -0.2) is 40.7 Å². The van der Waals surface area contributed by atoms with Gasteiger partial charge in [0.1, 0.15) is 5.78 Å². The van der Waals surface area contributed by atoms with E-state index in [1.54, 1.807) is 4.90 Å². The predicted octanol–water partition coefficient (Wildman–Crippen LogP) is 0.929. The van der Waals surface area contributed by atoms with Crippen LogP contribution in [0, 0.1) is 0 Å². The van der Waals surface area contributed by atoms with Crippen molar-refractivity contribution in [3.05, 3.63) is 0 Å². The van der Waals surface area contributed by atoms with Crippen LogP contribution >= 0.6 is 11.8 Å². The van der Waals surface area contributed by atoms with Gasteiger partial charge in [-0.25, -0.2) is 0 Å². The Balaban J connectivity index is 2.41. The zero-order valence-electron chi connectivity index (χ0n) is 8.08. The molecular formula is C9H15NO2S. The molecule has 1 rings (SSSR count). The van der Waals surface area contributed by atoms with Gasteiger partial charge in [0, 0.05) is 24.1 Å². The van der Waals surface area contributed by atoms with Crippen LogP contribution < -0.4 is 0 Å². The second-order valence-electron chi connectivity index (χ2n) is 3.40. The zero-order valence-corrected chi connectivity index (χ0v) is 8.89. The lowest BCUT2D eigenvalue weighted by Gasteiger charge is -2.30. The number of carbonyl (C=O) groups excluding carboxylic acids is 2. The molecule has 0 N–H and O–H groups in total. The zero-order chi connectivity index (χ0) is 9.84. The molecule has 1 aliphatic heterocycles. The number of thioether (sulfide) groups is 1. The Labute approximate surface area is 82.9 Å². The monoisotopic (exact) mass is 201 g/mol. The Morgan fingerprint density at radius 2 is 2.23 bits per heavy atom. The fraction of sp³-hybridized carbons (Fsp3) is 0.778. The van der Waals surface area contributed by atoms with E-state index in [0.717, 1.165) is 18.8 Å². The minimum atomic E-state index is -0.0455. The fourth-order valence-electron chi connectivity index (χ4n) is 1.37. The summed E-state index contributed by atoms with van der Waals surface area (Å²) in [6, 6.07) is 0. The van der Waals surface area contributed by atoms with Crippen molar-refractivity contribution in [2.75, 3.05) is 18.8 Å². The quantitative estimate of drug-likeness (QED) is 0.624. The molecule has 1 fully saturated rings. The molecule has 0 radical (unpaired) electrons. The van der Waals surface area contributed by atoms with Gasteiger partial charge in [-0.3, -0.25) is 9.59 Å². The third kappa shape index (κ3) is 3.38. The van der Waals surface area contributed by atoms with Crippen molar-refractivity contribution in [1.29, 1.82) is 0 Å². The van der Waals surface area contributed by atoms with Gasteiger partial charge in [0.2, 0.25) is 5.91 Å². The highest BCUT2D eigenvalue weighted by atomic mass is 32.2. The fourth-order valence-corrected chi connectivity index (χ4v) is 2.38. The van der Waals surface area contributed by atoms with Crippen molar-refractivity contribution in [2.45, 2.75) is 25.5 Å². The molecule has 1 amide bonds. The summed E-state index contributed by atoms with van der Waals surface area (Å²) in [6.45, 7) is 5.15. The minimum Gasteiger partial charge on any atom is -0.340 e. The number of rotatable bonds is 2. The molecular weight excluding hydrogens is 186 g/mol. The second kappa shape index (κ2) is 4.65. The second-order valence-corrected chi connectivity index (χ2v) is 4.95. The summed E-state index contributed by atoms with van der Waals surface area (Å²) in [4.78, 5) is 24.0. The van der Waals surface area contributed by atoms with E-state index < -0.39 is 0 Å². The van der Waals surface area contributed by atoms with Crippen molar-refractivity contribution < 1.29 is 9.59 Å². The van der Waals surface area contributed by atoms with Gasteiger partial charge in [0.25, 0.3) is 0 Å². The Morgan fingerprint density at radius 3 is 2.77 bits per heavy atom. The minimum absolute atomic E-state index is 0.0142. The Hall–Kier alpha value is -0.510. The number of Topliss-reactive ketones (excluding diaryl/α,β-unsaturated/α-hetero) is 1. The topological polar surface area (TPSA) is 37.4 Å². The third-order valence-electron chi connectivity index (χ3n) is 1.99. The molecule has 0 aromatic carbocycles. The van der Waals surface area contributed by atoms with Gasteiger partial charge in [-0.2, -0.15) is 11.8 Å². The molecule has 1 unspecified atom stereocenters. The molecule has 0 saturated carbocycles. The van der Waals surface area contributed by atoms with E-state index in [1.807, 2.05) is 11.8 Å². The van der Waals surface area contributed by atoms with Crippen LogP contribution in [0.1, 0.15) is 20.3 Å². The molecule has 4 heteroatoms. The maximum Gasteiger partial charge on any atom is 0.230 e. The largest absolute Gasteiger partial charge is 0.340 e. The predicted molar refractivity (Wildman–Crippen MR) is 53.8 cm³/mol. The molecule has 1 heterocycles. The van der Waals surface area contributed by atoms with E-state index in [2.05, 4.69) is 6.92 Å². The SMILES string of the molecule is CC(=O)CC(=O)N1CCSC(C)C1. The van der Waals surface area contributed by atoms with Gasteiger partial charge in [0.05, 0.1) is 6.42 Å². The molecule has 1 aliphatic rings. The van der Waals surface area contributed by atoms with E-state index in [1.165, 1.54) is 6.92 Å². The first-order valence-electron chi connectivity index (χ1n) is 4.48. The van der Waals surface area contributed by atoms with E-state index in [9.17, 15) is 9.59 Å². The highest BCUT2D eigenvalue weighted by Gasteiger charge is 2.21. The lowest BCUT2D eigenvalue weighted by molar-refractivity contribution is -0.134. The molecule has 1 atom stereocenters. The van der Waals surface area contributed by atoms with Crippen LogP contribution in [0.15, 0.2) is 0 Å². The maximum atomic E-state index is 11.4. The van der Waals surface area contributed by atoms with Crippen LogP contribution in [0.5, 0.6) is 0 Å². The first-order chi connectivity index (χ1) is 6.09. The molecule has 1 saturated heterocycles. The van der Waals surface area contributed by atoms with Gasteiger partial charge in [-0.15, -0.1) is 0 Å². The van der Waals surface area contributed by atoms with Crippen LogP contribution in [-0.2, 0) is 9.59 Å². The number of amides is 1. The summed E-state index contributed by atoms with van der Waals surface area (Å²) < 4.78 is 0. The van der Waals surface area contributed by atoms with Crippen LogP contribution in [0.4, 0.5) is 0 Å². The van der Waals surface area contributed by atoms with Gasteiger partial charge in [0.15, 0.2) is 0 Å².